The quantitative estimate of drug-likeness (QED) is 0.272. The highest BCUT2D eigenvalue weighted by molar-refractivity contribution is 6.32. The number of aromatic nitrogens is 1. The second-order valence-corrected chi connectivity index (χ2v) is 17.1. The van der Waals surface area contributed by atoms with Gasteiger partial charge in [-0.1, -0.05) is 44.2 Å². The summed E-state index contributed by atoms with van der Waals surface area (Å²) in [4.78, 5) is 3.91. The summed E-state index contributed by atoms with van der Waals surface area (Å²) in [5.74, 6) is 0.0787. The number of benzene rings is 1. The summed E-state index contributed by atoms with van der Waals surface area (Å²) in [7, 11) is 0. The average Bonchev–Trinajstić information content (AvgIpc) is 3.39. The summed E-state index contributed by atoms with van der Waals surface area (Å²) < 4.78 is 13.8. The number of hydrogen-bond donors (Lipinski definition) is 4. The van der Waals surface area contributed by atoms with E-state index in [1.807, 2.05) is 6.92 Å². The van der Waals surface area contributed by atoms with Crippen molar-refractivity contribution in [1.82, 2.24) is 4.98 Å². The summed E-state index contributed by atoms with van der Waals surface area (Å²) >= 11 is 7.05. The fourth-order valence-electron chi connectivity index (χ4n) is 12.5. The fourth-order valence-corrected chi connectivity index (χ4v) is 12.8. The molecule has 12 atom stereocenters. The zero-order valence-electron chi connectivity index (χ0n) is 26.6. The zero-order valence-corrected chi connectivity index (χ0v) is 27.4. The molecule has 7 heteroatoms. The molecule has 1 aromatic heterocycles. The fraction of sp³-hybridized carbons (Fsp3) is 0.676. The molecule has 9 rings (SSSR count). The molecule has 2 aromatic rings. The molecule has 236 valence electrons. The van der Waals surface area contributed by atoms with Crippen molar-refractivity contribution in [2.75, 3.05) is 0 Å². The first kappa shape index (κ1) is 28.5. The SMILES string of the molecule is C=C(C)[C@H]1O[C@H]2CC[C@@]3(C)C(CC[C@H]4[C@@H]5OC(C)(C)[C@H]6C[C@@H]7C(=C)Cc8c(Cl)cc9[nH]c(c5c9c8[C@@]76O)[C@@]43C)[C@@]2(O)C[C@H]1O. The molecule has 44 heavy (non-hydrogen) atoms. The van der Waals surface area contributed by atoms with Gasteiger partial charge in [0.25, 0.3) is 0 Å². The van der Waals surface area contributed by atoms with Crippen LogP contribution >= 0.6 is 11.6 Å². The van der Waals surface area contributed by atoms with E-state index in [0.29, 0.717) is 17.9 Å². The van der Waals surface area contributed by atoms with E-state index in [1.54, 1.807) is 0 Å². The lowest BCUT2D eigenvalue weighted by Crippen LogP contribution is -2.70. The number of aliphatic hydroxyl groups excluding tert-OH is 1. The smallest absolute Gasteiger partial charge is 0.104 e. The first-order chi connectivity index (χ1) is 20.6. The maximum atomic E-state index is 12.8. The van der Waals surface area contributed by atoms with Gasteiger partial charge in [0.15, 0.2) is 0 Å². The zero-order chi connectivity index (χ0) is 31.1. The van der Waals surface area contributed by atoms with Crippen LogP contribution in [0.2, 0.25) is 5.02 Å². The monoisotopic (exact) mass is 619 g/mol. The Labute approximate surface area is 264 Å². The predicted octanol–water partition coefficient (Wildman–Crippen LogP) is 6.53. The molecule has 3 heterocycles. The molecule has 4 N–H and O–H groups in total. The molecular weight excluding hydrogens is 574 g/mol. The van der Waals surface area contributed by atoms with E-state index >= 15 is 0 Å². The first-order valence-corrected chi connectivity index (χ1v) is 17.1. The summed E-state index contributed by atoms with van der Waals surface area (Å²) in [5, 5.41) is 38.3. The lowest BCUT2D eigenvalue weighted by molar-refractivity contribution is -0.286. The van der Waals surface area contributed by atoms with Gasteiger partial charge >= 0.3 is 0 Å². The van der Waals surface area contributed by atoms with Crippen molar-refractivity contribution in [2.45, 2.75) is 126 Å². The van der Waals surface area contributed by atoms with Crippen LogP contribution in [0.25, 0.3) is 10.9 Å². The summed E-state index contributed by atoms with van der Waals surface area (Å²) in [5.41, 5.74) is 3.83. The minimum atomic E-state index is -1.13. The van der Waals surface area contributed by atoms with Gasteiger partial charge in [-0.25, -0.2) is 0 Å². The van der Waals surface area contributed by atoms with Gasteiger partial charge in [-0.2, -0.15) is 0 Å². The van der Waals surface area contributed by atoms with Crippen LogP contribution in [0.5, 0.6) is 0 Å². The number of rotatable bonds is 1. The van der Waals surface area contributed by atoms with Crippen molar-refractivity contribution in [3.05, 3.63) is 57.8 Å². The van der Waals surface area contributed by atoms with E-state index in [0.717, 1.165) is 65.3 Å². The maximum Gasteiger partial charge on any atom is 0.104 e. The topological polar surface area (TPSA) is 94.9 Å². The van der Waals surface area contributed by atoms with Gasteiger partial charge in [0.2, 0.25) is 0 Å². The summed E-state index contributed by atoms with van der Waals surface area (Å²) in [6.45, 7) is 19.5. The minimum Gasteiger partial charge on any atom is -0.390 e. The van der Waals surface area contributed by atoms with Crippen molar-refractivity contribution in [3.8, 4) is 0 Å². The second kappa shape index (κ2) is 8.24. The molecule has 2 aliphatic heterocycles. The van der Waals surface area contributed by atoms with E-state index in [2.05, 4.69) is 51.9 Å². The number of H-pyrrole nitrogens is 1. The molecular formula is C37H46ClNO5. The third kappa shape index (κ3) is 2.91. The molecule has 3 saturated carbocycles. The summed E-state index contributed by atoms with van der Waals surface area (Å²) in [6.07, 6.45) is 3.53. The van der Waals surface area contributed by atoms with E-state index < -0.39 is 29.0 Å². The van der Waals surface area contributed by atoms with Crippen LogP contribution in [0.4, 0.5) is 0 Å². The largest absolute Gasteiger partial charge is 0.390 e. The van der Waals surface area contributed by atoms with Crippen LogP contribution < -0.4 is 0 Å². The van der Waals surface area contributed by atoms with E-state index in [9.17, 15) is 15.3 Å². The van der Waals surface area contributed by atoms with Gasteiger partial charge in [0.05, 0.1) is 29.5 Å². The highest BCUT2D eigenvalue weighted by atomic mass is 35.5. The Morgan fingerprint density at radius 1 is 1.11 bits per heavy atom. The molecule has 6 nitrogen and oxygen atoms in total. The Hall–Kier alpha value is -1.67. The molecule has 0 amide bonds. The Bertz CT molecular complexity index is 1690. The highest BCUT2D eigenvalue weighted by Gasteiger charge is 2.73. The van der Waals surface area contributed by atoms with Crippen LogP contribution in [0.15, 0.2) is 30.4 Å². The van der Waals surface area contributed by atoms with Crippen LogP contribution in [0, 0.1) is 29.1 Å². The number of fused-ring (bicyclic) bond motifs is 7. The predicted molar refractivity (Wildman–Crippen MR) is 170 cm³/mol. The Balaban J connectivity index is 1.26. The van der Waals surface area contributed by atoms with Gasteiger partial charge in [0, 0.05) is 56.8 Å². The summed E-state index contributed by atoms with van der Waals surface area (Å²) in [6, 6.07) is 2.05. The number of aliphatic hydroxyl groups is 3. The van der Waals surface area contributed by atoms with Crippen molar-refractivity contribution in [3.63, 3.8) is 0 Å². The van der Waals surface area contributed by atoms with Gasteiger partial charge in [-0.15, -0.1) is 0 Å². The Kier molecular flexibility index (Phi) is 5.34. The number of ether oxygens (including phenoxy) is 2. The van der Waals surface area contributed by atoms with Crippen molar-refractivity contribution < 1.29 is 24.8 Å². The van der Waals surface area contributed by atoms with Crippen molar-refractivity contribution >= 4 is 22.5 Å². The van der Waals surface area contributed by atoms with Crippen LogP contribution in [-0.2, 0) is 26.9 Å². The minimum absolute atomic E-state index is 0.00177. The highest BCUT2D eigenvalue weighted by Crippen LogP contribution is 2.74. The molecule has 5 aliphatic carbocycles. The molecule has 7 aliphatic rings. The van der Waals surface area contributed by atoms with Crippen molar-refractivity contribution in [2.24, 2.45) is 29.1 Å². The molecule has 4 fully saturated rings. The number of halogens is 1. The molecule has 0 spiro atoms. The second-order valence-electron chi connectivity index (χ2n) is 16.7. The molecule has 1 saturated heterocycles. The Morgan fingerprint density at radius 3 is 2.59 bits per heavy atom. The number of aromatic amines is 1. The number of hydrogen-bond acceptors (Lipinski definition) is 5. The maximum absolute atomic E-state index is 12.8. The molecule has 0 radical (unpaired) electrons. The van der Waals surface area contributed by atoms with E-state index in [-0.39, 0.29) is 46.7 Å². The van der Waals surface area contributed by atoms with Crippen LogP contribution in [0.3, 0.4) is 0 Å². The third-order valence-corrected chi connectivity index (χ3v) is 15.0. The van der Waals surface area contributed by atoms with Gasteiger partial charge in [-0.05, 0) is 93.4 Å². The Morgan fingerprint density at radius 2 is 1.86 bits per heavy atom. The van der Waals surface area contributed by atoms with Crippen LogP contribution in [-0.4, -0.2) is 49.8 Å². The van der Waals surface area contributed by atoms with Crippen molar-refractivity contribution in [1.29, 1.82) is 0 Å². The van der Waals surface area contributed by atoms with E-state index in [4.69, 9.17) is 21.1 Å². The molecule has 0 bridgehead atoms. The van der Waals surface area contributed by atoms with Crippen LogP contribution in [0.1, 0.15) is 102 Å². The lowest BCUT2D eigenvalue weighted by atomic mass is 9.42. The van der Waals surface area contributed by atoms with E-state index in [1.165, 1.54) is 11.3 Å². The average molecular weight is 620 g/mol. The van der Waals surface area contributed by atoms with Gasteiger partial charge < -0.3 is 29.8 Å². The molecule has 1 unspecified atom stereocenters. The van der Waals surface area contributed by atoms with Gasteiger partial charge in [-0.3, -0.25) is 0 Å². The first-order valence-electron chi connectivity index (χ1n) is 16.8. The lowest BCUT2D eigenvalue weighted by Gasteiger charge is -2.66. The third-order valence-electron chi connectivity index (χ3n) is 14.7. The number of nitrogens with one attached hydrogen (secondary N) is 1. The normalized spacial score (nSPS) is 49.3. The van der Waals surface area contributed by atoms with Gasteiger partial charge in [0.1, 0.15) is 11.7 Å². The standard InChI is InChI=1S/C37H46ClNO5/c1-16(2)30-23(40)15-36(41)24-9-8-19-31-28-27-22(39-32(28)35(19,7)34(24,6)11-10-26(36)43-30)14-21(38)18-12-17(3)20-13-25(33(4,5)44-31)37(20,42)29(18)27/h14,19-20,23-26,30-31,39-42H,1,3,8-13,15H2,2,4-7H3/t19-,20+,23+,24?,25+,26-,30+,31-,34-,35+,36-,37+/m0/s1. The molecule has 1 aromatic carbocycles.